The molecule has 0 bridgehead atoms. The molecule has 0 amide bonds. The van der Waals surface area contributed by atoms with Crippen LogP contribution >= 0.6 is 0 Å². The number of benzene rings is 1. The number of aromatic nitrogens is 2. The summed E-state index contributed by atoms with van der Waals surface area (Å²) >= 11 is 0. The molecule has 0 saturated carbocycles. The number of esters is 1. The smallest absolute Gasteiger partial charge is 0.312 e. The number of fused-ring (bicyclic) bond motifs is 1. The van der Waals surface area contributed by atoms with E-state index in [4.69, 9.17) is 4.74 Å². The molecule has 0 fully saturated rings. The number of hydrogen-bond donors (Lipinski definition) is 0. The van der Waals surface area contributed by atoms with E-state index < -0.39 is 0 Å². The maximum Gasteiger partial charge on any atom is 0.312 e. The Morgan fingerprint density at radius 3 is 2.86 bits per heavy atom. The second-order valence-corrected chi connectivity index (χ2v) is 5.61. The van der Waals surface area contributed by atoms with Crippen molar-refractivity contribution in [3.63, 3.8) is 0 Å². The van der Waals surface area contributed by atoms with Crippen LogP contribution < -0.4 is 0 Å². The maximum absolute atomic E-state index is 12.2. The molecule has 1 aliphatic rings. The van der Waals surface area contributed by atoms with Gasteiger partial charge in [-0.05, 0) is 18.6 Å². The Balaban J connectivity index is 1.79. The van der Waals surface area contributed by atoms with Crippen molar-refractivity contribution < 1.29 is 9.53 Å². The number of carbonyl (C=O) groups excluding carboxylic acids is 1. The van der Waals surface area contributed by atoms with Crippen LogP contribution in [0, 0.1) is 5.92 Å². The highest BCUT2D eigenvalue weighted by Crippen LogP contribution is 2.19. The first-order chi connectivity index (χ1) is 10.8. The van der Waals surface area contributed by atoms with Crippen LogP contribution in [0.4, 0.5) is 0 Å². The van der Waals surface area contributed by atoms with Gasteiger partial charge in [0.25, 0.3) is 0 Å². The molecule has 0 radical (unpaired) electrons. The predicted octanol–water partition coefficient (Wildman–Crippen LogP) is 2.08. The molecular weight excluding hydrogens is 278 g/mol. The second-order valence-electron chi connectivity index (χ2n) is 5.61. The van der Waals surface area contributed by atoms with Crippen molar-refractivity contribution in [2.45, 2.75) is 26.6 Å². The molecule has 0 saturated heterocycles. The summed E-state index contributed by atoms with van der Waals surface area (Å²) in [7, 11) is 0. The Morgan fingerprint density at radius 2 is 2.09 bits per heavy atom. The zero-order valence-corrected chi connectivity index (χ0v) is 12.8. The van der Waals surface area contributed by atoms with Gasteiger partial charge in [-0.3, -0.25) is 14.4 Å². The average Bonchev–Trinajstić information content (AvgIpc) is 2.87. The fourth-order valence-electron chi connectivity index (χ4n) is 2.90. The first-order valence-electron chi connectivity index (χ1n) is 7.70. The Bertz CT molecular complexity index is 624. The van der Waals surface area contributed by atoms with Gasteiger partial charge in [0.1, 0.15) is 0 Å². The monoisotopic (exact) mass is 299 g/mol. The summed E-state index contributed by atoms with van der Waals surface area (Å²) in [5, 5.41) is 4.33. The molecule has 2 heterocycles. The van der Waals surface area contributed by atoms with Crippen LogP contribution in [0.3, 0.4) is 0 Å². The number of carbonyl (C=O) groups is 1. The lowest BCUT2D eigenvalue weighted by atomic mass is 10.1. The van der Waals surface area contributed by atoms with E-state index in [-0.39, 0.29) is 11.9 Å². The average molecular weight is 299 g/mol. The fourth-order valence-corrected chi connectivity index (χ4v) is 2.90. The minimum absolute atomic E-state index is 0.135. The predicted molar refractivity (Wildman–Crippen MR) is 82.9 cm³/mol. The normalized spacial score (nSPS) is 18.5. The Hall–Kier alpha value is -2.14. The molecule has 5 heteroatoms. The van der Waals surface area contributed by atoms with E-state index in [1.165, 1.54) is 5.56 Å². The first-order valence-corrected chi connectivity index (χ1v) is 7.70. The van der Waals surface area contributed by atoms with Crippen molar-refractivity contribution in [2.24, 2.45) is 5.92 Å². The van der Waals surface area contributed by atoms with Crippen molar-refractivity contribution in [3.8, 4) is 0 Å². The quantitative estimate of drug-likeness (QED) is 0.811. The lowest BCUT2D eigenvalue weighted by molar-refractivity contribution is -0.149. The first kappa shape index (κ1) is 14.8. The van der Waals surface area contributed by atoms with Gasteiger partial charge in [0.15, 0.2) is 0 Å². The van der Waals surface area contributed by atoms with Crippen LogP contribution in [0.1, 0.15) is 18.2 Å². The maximum atomic E-state index is 12.2. The molecule has 0 N–H and O–H groups in total. The molecular formula is C17H21N3O2. The van der Waals surface area contributed by atoms with Gasteiger partial charge in [0, 0.05) is 25.8 Å². The number of nitrogens with zero attached hydrogens (tertiary/aromatic N) is 3. The lowest BCUT2D eigenvalue weighted by Crippen LogP contribution is -2.33. The zero-order chi connectivity index (χ0) is 15.4. The zero-order valence-electron chi connectivity index (χ0n) is 12.8. The third-order valence-corrected chi connectivity index (χ3v) is 3.93. The highest BCUT2D eigenvalue weighted by atomic mass is 16.5. The van der Waals surface area contributed by atoms with Gasteiger partial charge >= 0.3 is 5.97 Å². The minimum atomic E-state index is -0.176. The molecule has 116 valence electrons. The number of hydrogen-bond acceptors (Lipinski definition) is 4. The number of rotatable bonds is 4. The van der Waals surface area contributed by atoms with Crippen molar-refractivity contribution in [3.05, 3.63) is 53.9 Å². The fraction of sp³-hybridized carbons (Fsp3) is 0.412. The summed E-state index contributed by atoms with van der Waals surface area (Å²) < 4.78 is 7.14. The van der Waals surface area contributed by atoms with E-state index in [1.807, 2.05) is 35.9 Å². The van der Waals surface area contributed by atoms with Crippen LogP contribution in [0.25, 0.3) is 0 Å². The lowest BCUT2D eigenvalue weighted by Gasteiger charge is -2.22. The molecule has 1 atom stereocenters. The SMILES string of the molecule is CCOC(=O)C1CN(Cc2ccccc2)Cc2ccnn2C1. The number of ether oxygens (including phenoxy) is 1. The van der Waals surface area contributed by atoms with Crippen molar-refractivity contribution in [1.82, 2.24) is 14.7 Å². The van der Waals surface area contributed by atoms with E-state index in [2.05, 4.69) is 22.1 Å². The van der Waals surface area contributed by atoms with Gasteiger partial charge in [0.05, 0.1) is 24.8 Å². The minimum Gasteiger partial charge on any atom is -0.466 e. The van der Waals surface area contributed by atoms with Gasteiger partial charge < -0.3 is 4.74 Å². The molecule has 3 rings (SSSR count). The van der Waals surface area contributed by atoms with Crippen LogP contribution in [0.2, 0.25) is 0 Å². The molecule has 0 spiro atoms. The van der Waals surface area contributed by atoms with Gasteiger partial charge in [-0.2, -0.15) is 5.10 Å². The Morgan fingerprint density at radius 1 is 1.27 bits per heavy atom. The molecule has 0 aliphatic carbocycles. The van der Waals surface area contributed by atoms with Crippen molar-refractivity contribution in [1.29, 1.82) is 0 Å². The topological polar surface area (TPSA) is 47.4 Å². The third-order valence-electron chi connectivity index (χ3n) is 3.93. The van der Waals surface area contributed by atoms with Crippen LogP contribution in [-0.2, 0) is 29.2 Å². The summed E-state index contributed by atoms with van der Waals surface area (Å²) in [6, 6.07) is 12.3. The highest BCUT2D eigenvalue weighted by molar-refractivity contribution is 5.72. The second kappa shape index (κ2) is 6.75. The molecule has 2 aromatic rings. The summed E-state index contributed by atoms with van der Waals surface area (Å²) in [6.45, 7) is 5.16. The standard InChI is InChI=1S/C17H21N3O2/c1-2-22-17(21)15-11-19(10-14-6-4-3-5-7-14)13-16-8-9-18-20(16)12-15/h3-9,15H,2,10-13H2,1H3. The molecule has 5 nitrogen and oxygen atoms in total. The van der Waals surface area contributed by atoms with Crippen LogP contribution in [0.5, 0.6) is 0 Å². The van der Waals surface area contributed by atoms with Crippen molar-refractivity contribution in [2.75, 3.05) is 13.2 Å². The molecule has 1 aromatic heterocycles. The Kier molecular flexibility index (Phi) is 4.53. The summed E-state index contributed by atoms with van der Waals surface area (Å²) in [5.74, 6) is -0.311. The van der Waals surface area contributed by atoms with Gasteiger partial charge in [-0.25, -0.2) is 0 Å². The molecule has 1 aromatic carbocycles. The molecule has 22 heavy (non-hydrogen) atoms. The summed E-state index contributed by atoms with van der Waals surface area (Å²) in [5.41, 5.74) is 2.39. The summed E-state index contributed by atoms with van der Waals surface area (Å²) in [4.78, 5) is 14.5. The van der Waals surface area contributed by atoms with E-state index in [9.17, 15) is 4.79 Å². The van der Waals surface area contributed by atoms with Gasteiger partial charge in [-0.15, -0.1) is 0 Å². The Labute approximate surface area is 130 Å². The molecule has 1 unspecified atom stereocenters. The van der Waals surface area contributed by atoms with E-state index in [0.717, 1.165) is 18.8 Å². The molecule has 1 aliphatic heterocycles. The van der Waals surface area contributed by atoms with E-state index >= 15 is 0 Å². The van der Waals surface area contributed by atoms with Crippen LogP contribution in [0.15, 0.2) is 42.6 Å². The van der Waals surface area contributed by atoms with Crippen molar-refractivity contribution >= 4 is 5.97 Å². The summed E-state index contributed by atoms with van der Waals surface area (Å²) in [6.07, 6.45) is 1.80. The van der Waals surface area contributed by atoms with Gasteiger partial charge in [-0.1, -0.05) is 30.3 Å². The van der Waals surface area contributed by atoms with E-state index in [0.29, 0.717) is 19.7 Å². The van der Waals surface area contributed by atoms with Gasteiger partial charge in [0.2, 0.25) is 0 Å². The third kappa shape index (κ3) is 3.36. The van der Waals surface area contributed by atoms with E-state index in [1.54, 1.807) is 6.20 Å². The highest BCUT2D eigenvalue weighted by Gasteiger charge is 2.28. The van der Waals surface area contributed by atoms with Crippen LogP contribution in [-0.4, -0.2) is 33.8 Å². The largest absolute Gasteiger partial charge is 0.466 e.